The van der Waals surface area contributed by atoms with E-state index in [1.165, 1.54) is 76.2 Å². The molecule has 0 amide bonds. The van der Waals surface area contributed by atoms with Crippen LogP contribution in [0.1, 0.15) is 163 Å². The highest BCUT2D eigenvalue weighted by Crippen LogP contribution is 2.66. The van der Waals surface area contributed by atoms with Gasteiger partial charge in [0, 0.05) is 24.2 Å². The quantitative estimate of drug-likeness (QED) is 0.103. The van der Waals surface area contributed by atoms with E-state index in [4.69, 9.17) is 4.74 Å². The third-order valence-corrected chi connectivity index (χ3v) is 12.6. The van der Waals surface area contributed by atoms with Gasteiger partial charge < -0.3 is 9.84 Å². The lowest BCUT2D eigenvalue weighted by Gasteiger charge is -2.59. The number of esters is 1. The van der Waals surface area contributed by atoms with E-state index in [9.17, 15) is 14.7 Å². The molecule has 0 aromatic carbocycles. The number of unbranched alkanes of at least 4 members (excludes halogenated alkanes) is 11. The molecule has 3 fully saturated rings. The summed E-state index contributed by atoms with van der Waals surface area (Å²) >= 11 is 0. The molecular formula is C39H64O4. The molecule has 0 aromatic heterocycles. The van der Waals surface area contributed by atoms with Crippen LogP contribution in [0.2, 0.25) is 0 Å². The van der Waals surface area contributed by atoms with E-state index in [-0.39, 0.29) is 28.8 Å². The normalized spacial score (nSPS) is 35.2. The van der Waals surface area contributed by atoms with Gasteiger partial charge in [-0.3, -0.25) is 9.59 Å². The zero-order valence-electron chi connectivity index (χ0n) is 28.2. The first-order chi connectivity index (χ1) is 20.7. The second kappa shape index (κ2) is 16.2. The minimum absolute atomic E-state index is 0.0856. The standard InChI is InChI=1S/C39H64O4/c1-5-6-7-8-9-10-11-12-13-14-15-16-17-18-19-20-37(42)43-36-28-31(41)27-30-21-22-32-34-24-23-33(29(2)40)38(34,3)26-25-35(32)39(30,36)4/h12-13,21,31-36,41H,5-11,14-20,22-28H2,1-4H3/b13-12-/t31-,32?,33+,34?,35?,36?,38+,39-/m0/s1. The van der Waals surface area contributed by atoms with Crippen LogP contribution in [0.4, 0.5) is 0 Å². The van der Waals surface area contributed by atoms with Crippen molar-refractivity contribution in [1.82, 2.24) is 0 Å². The summed E-state index contributed by atoms with van der Waals surface area (Å²) < 4.78 is 6.30. The first-order valence-electron chi connectivity index (χ1n) is 18.4. The van der Waals surface area contributed by atoms with E-state index in [0.29, 0.717) is 42.8 Å². The van der Waals surface area contributed by atoms with Gasteiger partial charge in [0.05, 0.1) is 6.10 Å². The van der Waals surface area contributed by atoms with Gasteiger partial charge in [0.1, 0.15) is 11.9 Å². The summed E-state index contributed by atoms with van der Waals surface area (Å²) in [6.07, 6.45) is 29.8. The van der Waals surface area contributed by atoms with Gasteiger partial charge in [0.25, 0.3) is 0 Å². The molecule has 4 rings (SSSR count). The third kappa shape index (κ3) is 8.25. The van der Waals surface area contributed by atoms with E-state index >= 15 is 0 Å². The van der Waals surface area contributed by atoms with Crippen LogP contribution in [-0.2, 0) is 14.3 Å². The number of fused-ring (bicyclic) bond motifs is 5. The maximum Gasteiger partial charge on any atom is 0.306 e. The average Bonchev–Trinajstić information content (AvgIpc) is 3.33. The molecule has 0 spiro atoms. The van der Waals surface area contributed by atoms with Crippen molar-refractivity contribution in [3.05, 3.63) is 23.8 Å². The fourth-order valence-corrected chi connectivity index (χ4v) is 10.1. The predicted octanol–water partition coefficient (Wildman–Crippen LogP) is 10.1. The van der Waals surface area contributed by atoms with Crippen molar-refractivity contribution in [3.63, 3.8) is 0 Å². The van der Waals surface area contributed by atoms with Crippen LogP contribution in [0, 0.1) is 34.5 Å². The van der Waals surface area contributed by atoms with Crippen molar-refractivity contribution in [2.45, 2.75) is 175 Å². The van der Waals surface area contributed by atoms with Gasteiger partial charge in [0.2, 0.25) is 0 Å². The van der Waals surface area contributed by atoms with Gasteiger partial charge in [0.15, 0.2) is 0 Å². The van der Waals surface area contributed by atoms with Crippen molar-refractivity contribution in [2.75, 3.05) is 0 Å². The third-order valence-electron chi connectivity index (χ3n) is 12.6. The number of allylic oxidation sites excluding steroid dienone is 3. The molecular weight excluding hydrogens is 532 g/mol. The fourth-order valence-electron chi connectivity index (χ4n) is 10.1. The molecule has 0 aliphatic heterocycles. The molecule has 3 saturated carbocycles. The van der Waals surface area contributed by atoms with E-state index in [2.05, 4.69) is 39.0 Å². The largest absolute Gasteiger partial charge is 0.461 e. The first kappa shape index (κ1) is 34.5. The maximum absolute atomic E-state index is 13.1. The number of carbonyl (C=O) groups excluding carboxylic acids is 2. The van der Waals surface area contributed by atoms with E-state index in [1.807, 2.05) is 0 Å². The number of hydrogen-bond acceptors (Lipinski definition) is 4. The Balaban J connectivity index is 1.19. The lowest BCUT2D eigenvalue weighted by atomic mass is 9.46. The van der Waals surface area contributed by atoms with Gasteiger partial charge in [-0.2, -0.15) is 0 Å². The Bertz CT molecular complexity index is 966. The Morgan fingerprint density at radius 2 is 1.56 bits per heavy atom. The van der Waals surface area contributed by atoms with Crippen molar-refractivity contribution in [3.8, 4) is 0 Å². The second-order valence-corrected chi connectivity index (χ2v) is 15.3. The molecule has 0 heterocycles. The number of carbonyl (C=O) groups is 2. The summed E-state index contributed by atoms with van der Waals surface area (Å²) in [5.41, 5.74) is 1.23. The smallest absolute Gasteiger partial charge is 0.306 e. The van der Waals surface area contributed by atoms with Crippen LogP contribution in [0.15, 0.2) is 23.8 Å². The molecule has 4 unspecified atom stereocenters. The van der Waals surface area contributed by atoms with Crippen LogP contribution in [-0.4, -0.2) is 29.1 Å². The minimum atomic E-state index is -0.434. The summed E-state index contributed by atoms with van der Waals surface area (Å²) in [5, 5.41) is 10.8. The van der Waals surface area contributed by atoms with Crippen LogP contribution in [0.3, 0.4) is 0 Å². The number of ketones is 1. The number of Topliss-reactive ketones (excluding diaryl/α,β-unsaturated/α-hetero) is 1. The van der Waals surface area contributed by atoms with E-state index in [1.54, 1.807) is 6.92 Å². The molecule has 4 nitrogen and oxygen atoms in total. The minimum Gasteiger partial charge on any atom is -0.461 e. The van der Waals surface area contributed by atoms with Gasteiger partial charge in [-0.15, -0.1) is 0 Å². The molecule has 244 valence electrons. The van der Waals surface area contributed by atoms with Crippen LogP contribution < -0.4 is 0 Å². The zero-order chi connectivity index (χ0) is 30.9. The van der Waals surface area contributed by atoms with Crippen LogP contribution in [0.5, 0.6) is 0 Å². The summed E-state index contributed by atoms with van der Waals surface area (Å²) in [4.78, 5) is 25.6. The van der Waals surface area contributed by atoms with Crippen molar-refractivity contribution < 1.29 is 19.4 Å². The van der Waals surface area contributed by atoms with E-state index in [0.717, 1.165) is 44.9 Å². The molecule has 43 heavy (non-hydrogen) atoms. The number of hydrogen-bond donors (Lipinski definition) is 1. The van der Waals surface area contributed by atoms with Gasteiger partial charge in [-0.1, -0.05) is 95.9 Å². The Morgan fingerprint density at radius 3 is 2.23 bits per heavy atom. The SMILES string of the molecule is CCCCCCCC/C=C\CCCCCCCC(=O)OC1C[C@@H](O)CC2=CCC3C(CC[C@@]4(C)C3CC[C@@H]4C(C)=O)[C@]21C. The number of rotatable bonds is 17. The summed E-state index contributed by atoms with van der Waals surface area (Å²) in [6, 6.07) is 0. The molecule has 0 radical (unpaired) electrons. The number of aliphatic hydroxyl groups excluding tert-OH is 1. The molecule has 1 N–H and O–H groups in total. The Labute approximate surface area is 263 Å². The lowest BCUT2D eigenvalue weighted by Crippen LogP contribution is -2.56. The van der Waals surface area contributed by atoms with Crippen molar-refractivity contribution in [2.24, 2.45) is 34.5 Å². The molecule has 4 aliphatic rings. The molecule has 0 saturated heterocycles. The molecule has 8 atom stereocenters. The molecule has 4 heteroatoms. The average molecular weight is 597 g/mol. The highest BCUT2D eigenvalue weighted by atomic mass is 16.5. The topological polar surface area (TPSA) is 63.6 Å². The zero-order valence-corrected chi connectivity index (χ0v) is 28.2. The number of aliphatic hydroxyl groups is 1. The summed E-state index contributed by atoms with van der Waals surface area (Å²) in [5.74, 6) is 2.04. The van der Waals surface area contributed by atoms with Crippen molar-refractivity contribution >= 4 is 11.8 Å². The molecule has 4 aliphatic carbocycles. The molecule has 0 aromatic rings. The van der Waals surface area contributed by atoms with Crippen LogP contribution >= 0.6 is 0 Å². The Hall–Kier alpha value is -1.42. The highest BCUT2D eigenvalue weighted by molar-refractivity contribution is 5.79. The van der Waals surface area contributed by atoms with Gasteiger partial charge in [-0.25, -0.2) is 0 Å². The number of ether oxygens (including phenoxy) is 1. The maximum atomic E-state index is 13.1. The summed E-state index contributed by atoms with van der Waals surface area (Å²) in [7, 11) is 0. The predicted molar refractivity (Wildman–Crippen MR) is 177 cm³/mol. The fraction of sp³-hybridized carbons (Fsp3) is 0.846. The first-order valence-corrected chi connectivity index (χ1v) is 18.4. The highest BCUT2D eigenvalue weighted by Gasteiger charge is 2.62. The van der Waals surface area contributed by atoms with Gasteiger partial charge in [-0.05, 0) is 101 Å². The van der Waals surface area contributed by atoms with E-state index < -0.39 is 6.10 Å². The Kier molecular flexibility index (Phi) is 13.0. The van der Waals surface area contributed by atoms with Crippen molar-refractivity contribution in [1.29, 1.82) is 0 Å². The van der Waals surface area contributed by atoms with Crippen LogP contribution in [0.25, 0.3) is 0 Å². The molecule has 0 bridgehead atoms. The summed E-state index contributed by atoms with van der Waals surface area (Å²) in [6.45, 7) is 8.77. The lowest BCUT2D eigenvalue weighted by molar-refractivity contribution is -0.169. The Morgan fingerprint density at radius 1 is 0.907 bits per heavy atom. The monoisotopic (exact) mass is 596 g/mol. The van der Waals surface area contributed by atoms with Gasteiger partial charge >= 0.3 is 5.97 Å². The second-order valence-electron chi connectivity index (χ2n) is 15.3.